The van der Waals surface area contributed by atoms with Crippen LogP contribution in [0.25, 0.3) is 5.70 Å². The van der Waals surface area contributed by atoms with Gasteiger partial charge in [0.25, 0.3) is 0 Å². The maximum Gasteiger partial charge on any atom is 0.123 e. The summed E-state index contributed by atoms with van der Waals surface area (Å²) in [6, 6.07) is 5.99. The molecule has 0 bridgehead atoms. The lowest BCUT2D eigenvalue weighted by molar-refractivity contribution is 0.627. The Bertz CT molecular complexity index is 633. The Hall–Kier alpha value is -2.33. The molecular weight excluding hydrogens is 325 g/mol. The van der Waals surface area contributed by atoms with Gasteiger partial charge in [-0.15, -0.1) is 0 Å². The van der Waals surface area contributed by atoms with Crippen LogP contribution in [0, 0.1) is 11.2 Å². The fraction of sp³-hybridized carbons (Fsp3) is 0.211. The second-order valence-electron chi connectivity index (χ2n) is 5.11. The summed E-state index contributed by atoms with van der Waals surface area (Å²) < 4.78 is 13.0. The van der Waals surface area contributed by atoms with E-state index in [2.05, 4.69) is 23.8 Å². The van der Waals surface area contributed by atoms with E-state index < -0.39 is 0 Å². The van der Waals surface area contributed by atoms with Crippen LogP contribution in [-0.2, 0) is 0 Å². The predicted octanol–water partition coefficient (Wildman–Crippen LogP) is 4.60. The highest BCUT2D eigenvalue weighted by molar-refractivity contribution is 6.31. The average molecular weight is 348 g/mol. The van der Waals surface area contributed by atoms with Crippen molar-refractivity contribution in [1.82, 2.24) is 10.6 Å². The molecule has 0 spiro atoms. The molecule has 0 saturated heterocycles. The van der Waals surface area contributed by atoms with Gasteiger partial charge in [0.2, 0.25) is 0 Å². The summed E-state index contributed by atoms with van der Waals surface area (Å²) in [4.78, 5) is 0. The van der Waals surface area contributed by atoms with Crippen LogP contribution >= 0.6 is 11.6 Å². The summed E-state index contributed by atoms with van der Waals surface area (Å²) >= 11 is 6.14. The molecule has 1 rings (SSSR count). The molecule has 0 radical (unpaired) electrons. The maximum atomic E-state index is 13.0. The first-order valence-electron chi connectivity index (χ1n) is 7.65. The molecule has 3 nitrogen and oxygen atoms in total. The minimum Gasteiger partial charge on any atom is -0.383 e. The van der Waals surface area contributed by atoms with Crippen LogP contribution in [0.15, 0.2) is 66.4 Å². The van der Waals surface area contributed by atoms with Gasteiger partial charge in [-0.3, -0.25) is 0 Å². The fourth-order valence-electron chi connectivity index (χ4n) is 1.94. The van der Waals surface area contributed by atoms with Crippen LogP contribution in [0.4, 0.5) is 4.39 Å². The number of allylic oxidation sites excluding steroid dienone is 3. The Labute approximate surface area is 148 Å². The van der Waals surface area contributed by atoms with Crippen LogP contribution in [0.5, 0.6) is 0 Å². The molecule has 0 fully saturated rings. The van der Waals surface area contributed by atoms with E-state index in [1.54, 1.807) is 18.2 Å². The number of hydrogen-bond donors (Lipinski definition) is 3. The summed E-state index contributed by atoms with van der Waals surface area (Å²) in [5.41, 5.74) is 2.12. The minimum absolute atomic E-state index is 0.129. The fourth-order valence-corrected chi connectivity index (χ4v) is 2.15. The number of rotatable bonds is 10. The van der Waals surface area contributed by atoms with Crippen molar-refractivity contribution in [2.75, 3.05) is 6.54 Å². The van der Waals surface area contributed by atoms with Gasteiger partial charge in [0.15, 0.2) is 0 Å². The quantitative estimate of drug-likeness (QED) is 0.428. The normalized spacial score (nSPS) is 12.7. The molecule has 0 aliphatic rings. The van der Waals surface area contributed by atoms with Crippen molar-refractivity contribution < 1.29 is 4.39 Å². The van der Waals surface area contributed by atoms with Crippen LogP contribution in [-0.4, -0.2) is 18.8 Å². The number of benzene rings is 1. The molecule has 1 aromatic carbocycles. The molecule has 128 valence electrons. The molecule has 3 N–H and O–H groups in total. The third kappa shape index (κ3) is 6.84. The van der Waals surface area contributed by atoms with E-state index in [-0.39, 0.29) is 11.9 Å². The van der Waals surface area contributed by atoms with Crippen molar-refractivity contribution in [3.63, 3.8) is 0 Å². The molecule has 0 aliphatic carbocycles. The standard InChI is InChI=1S/C19H23ClFN3/c1-4-6-19(20)15(3)24-18(7-5-12-22)13-23-14(2)16-8-10-17(21)11-9-16/h5-12,18,22-24H,2-4,13H2,1H3/b7-5-,19-6+,22-12?. The van der Waals surface area contributed by atoms with Gasteiger partial charge in [0.05, 0.1) is 11.1 Å². The lowest BCUT2D eigenvalue weighted by atomic mass is 10.1. The first-order chi connectivity index (χ1) is 11.5. The second-order valence-corrected chi connectivity index (χ2v) is 5.51. The van der Waals surface area contributed by atoms with E-state index in [1.165, 1.54) is 18.3 Å². The molecule has 0 aliphatic heterocycles. The van der Waals surface area contributed by atoms with E-state index in [0.717, 1.165) is 12.0 Å². The minimum atomic E-state index is -0.284. The number of halogens is 2. The highest BCUT2D eigenvalue weighted by Crippen LogP contribution is 2.13. The third-order valence-electron chi connectivity index (χ3n) is 3.20. The van der Waals surface area contributed by atoms with Gasteiger partial charge in [-0.05, 0) is 30.2 Å². The summed E-state index contributed by atoms with van der Waals surface area (Å²) in [5.74, 6) is -0.284. The first kappa shape index (κ1) is 19.7. The summed E-state index contributed by atoms with van der Waals surface area (Å²) in [6.45, 7) is 10.4. The lowest BCUT2D eigenvalue weighted by Gasteiger charge is -2.20. The Morgan fingerprint density at radius 2 is 2.00 bits per heavy atom. The molecule has 24 heavy (non-hydrogen) atoms. The van der Waals surface area contributed by atoms with Crippen molar-refractivity contribution in [2.45, 2.75) is 19.4 Å². The SMILES string of the molecule is C=C(NC(/C=C\C=N)CNC(=C)c1ccc(F)cc1)/C(Cl)=C\CC. The molecule has 0 amide bonds. The topological polar surface area (TPSA) is 47.9 Å². The molecule has 0 aromatic heterocycles. The zero-order valence-corrected chi connectivity index (χ0v) is 14.5. The van der Waals surface area contributed by atoms with Crippen LogP contribution in [0.3, 0.4) is 0 Å². The molecular formula is C19H23ClFN3. The van der Waals surface area contributed by atoms with Crippen molar-refractivity contribution in [3.8, 4) is 0 Å². The second kappa shape index (κ2) is 10.4. The predicted molar refractivity (Wildman–Crippen MR) is 102 cm³/mol. The summed E-state index contributed by atoms with van der Waals surface area (Å²) in [7, 11) is 0. The molecule has 0 saturated carbocycles. The highest BCUT2D eigenvalue weighted by atomic mass is 35.5. The highest BCUT2D eigenvalue weighted by Gasteiger charge is 2.08. The molecule has 0 heterocycles. The van der Waals surface area contributed by atoms with Crippen LogP contribution in [0.1, 0.15) is 18.9 Å². The van der Waals surface area contributed by atoms with Crippen molar-refractivity contribution in [1.29, 1.82) is 5.41 Å². The Balaban J connectivity index is 2.69. The Morgan fingerprint density at radius 1 is 1.33 bits per heavy atom. The van der Waals surface area contributed by atoms with Gasteiger partial charge in [0.1, 0.15) is 5.82 Å². The molecule has 5 heteroatoms. The zero-order chi connectivity index (χ0) is 17.9. The molecule has 1 aromatic rings. The lowest BCUT2D eigenvalue weighted by Crippen LogP contribution is -2.36. The third-order valence-corrected chi connectivity index (χ3v) is 3.58. The van der Waals surface area contributed by atoms with Gasteiger partial charge in [-0.1, -0.05) is 56.0 Å². The van der Waals surface area contributed by atoms with Gasteiger partial charge in [0, 0.05) is 24.2 Å². The first-order valence-corrected chi connectivity index (χ1v) is 8.03. The molecule has 1 unspecified atom stereocenters. The number of hydrogen-bond acceptors (Lipinski definition) is 3. The van der Waals surface area contributed by atoms with Gasteiger partial charge >= 0.3 is 0 Å². The Morgan fingerprint density at radius 3 is 2.58 bits per heavy atom. The van der Waals surface area contributed by atoms with E-state index >= 15 is 0 Å². The maximum absolute atomic E-state index is 13.0. The van der Waals surface area contributed by atoms with Gasteiger partial charge in [-0.2, -0.15) is 0 Å². The van der Waals surface area contributed by atoms with E-state index in [9.17, 15) is 4.39 Å². The smallest absolute Gasteiger partial charge is 0.123 e. The van der Waals surface area contributed by atoms with Crippen LogP contribution in [0.2, 0.25) is 0 Å². The van der Waals surface area contributed by atoms with Crippen LogP contribution < -0.4 is 10.6 Å². The van der Waals surface area contributed by atoms with E-state index in [1.807, 2.05) is 19.1 Å². The summed E-state index contributed by atoms with van der Waals surface area (Å²) in [5, 5.41) is 14.1. The average Bonchev–Trinajstić information content (AvgIpc) is 2.57. The van der Waals surface area contributed by atoms with Gasteiger partial charge in [-0.25, -0.2) is 4.39 Å². The monoisotopic (exact) mass is 347 g/mol. The van der Waals surface area contributed by atoms with E-state index in [0.29, 0.717) is 23.0 Å². The molecule has 1 atom stereocenters. The summed E-state index contributed by atoms with van der Waals surface area (Å²) in [6.07, 6.45) is 7.36. The van der Waals surface area contributed by atoms with Crippen molar-refractivity contribution in [2.24, 2.45) is 0 Å². The van der Waals surface area contributed by atoms with Crippen molar-refractivity contribution >= 4 is 23.5 Å². The van der Waals surface area contributed by atoms with E-state index in [4.69, 9.17) is 17.0 Å². The van der Waals surface area contributed by atoms with Crippen molar-refractivity contribution in [3.05, 3.63) is 77.8 Å². The Kier molecular flexibility index (Phi) is 8.58. The number of nitrogens with one attached hydrogen (secondary N) is 3. The largest absolute Gasteiger partial charge is 0.383 e. The zero-order valence-electron chi connectivity index (χ0n) is 13.8. The van der Waals surface area contributed by atoms with Gasteiger partial charge < -0.3 is 16.0 Å².